The fourth-order valence-corrected chi connectivity index (χ4v) is 3.57. The minimum absolute atomic E-state index is 0.0381. The number of carbonyl (C=O) groups excluding carboxylic acids is 2. The van der Waals surface area contributed by atoms with Crippen molar-refractivity contribution in [2.24, 2.45) is 5.92 Å². The number of ketones is 1. The summed E-state index contributed by atoms with van der Waals surface area (Å²) in [6.45, 7) is 0.978. The molecular weight excluding hydrogens is 366 g/mol. The molecule has 1 atom stereocenters. The smallest absolute Gasteiger partial charge is 0.261 e. The molecule has 1 unspecified atom stereocenters. The molecule has 1 amide bonds. The summed E-state index contributed by atoms with van der Waals surface area (Å²) in [6.07, 6.45) is 1.53. The highest BCUT2D eigenvalue weighted by Crippen LogP contribution is 2.31. The first-order valence-corrected chi connectivity index (χ1v) is 9.23. The van der Waals surface area contributed by atoms with E-state index < -0.39 is 0 Å². The van der Waals surface area contributed by atoms with Gasteiger partial charge in [-0.25, -0.2) is 0 Å². The van der Waals surface area contributed by atoms with Crippen LogP contribution in [0.4, 0.5) is 0 Å². The van der Waals surface area contributed by atoms with E-state index in [9.17, 15) is 9.59 Å². The quantitative estimate of drug-likeness (QED) is 0.725. The lowest BCUT2D eigenvalue weighted by atomic mass is 9.89. The van der Waals surface area contributed by atoms with Crippen LogP contribution in [0.15, 0.2) is 42.5 Å². The van der Waals surface area contributed by atoms with E-state index in [0.717, 1.165) is 12.8 Å². The van der Waals surface area contributed by atoms with Crippen LogP contribution < -0.4 is 9.47 Å². The number of methoxy groups -OCH3 is 2. The maximum absolute atomic E-state index is 13.1. The van der Waals surface area contributed by atoms with Crippen molar-refractivity contribution in [2.75, 3.05) is 27.3 Å². The molecule has 1 fully saturated rings. The molecular formula is C21H22ClNO4. The molecule has 1 aliphatic rings. The van der Waals surface area contributed by atoms with E-state index in [1.165, 1.54) is 14.2 Å². The Hall–Kier alpha value is -2.53. The zero-order valence-electron chi connectivity index (χ0n) is 15.4. The van der Waals surface area contributed by atoms with Gasteiger partial charge in [-0.05, 0) is 49.2 Å². The molecule has 0 aromatic heterocycles. The van der Waals surface area contributed by atoms with E-state index in [4.69, 9.17) is 21.1 Å². The van der Waals surface area contributed by atoms with E-state index in [1.54, 1.807) is 47.4 Å². The normalized spacial score (nSPS) is 16.7. The second kappa shape index (κ2) is 8.44. The van der Waals surface area contributed by atoms with Gasteiger partial charge in [0.05, 0.1) is 14.2 Å². The average molecular weight is 388 g/mol. The van der Waals surface area contributed by atoms with Crippen LogP contribution in [0, 0.1) is 5.92 Å². The van der Waals surface area contributed by atoms with Crippen LogP contribution in [0.2, 0.25) is 5.02 Å². The van der Waals surface area contributed by atoms with Gasteiger partial charge in [0.15, 0.2) is 5.78 Å². The summed E-state index contributed by atoms with van der Waals surface area (Å²) in [6, 6.07) is 12.1. The number of ether oxygens (including phenoxy) is 2. The number of rotatable bonds is 5. The molecule has 1 heterocycles. The molecule has 1 aliphatic heterocycles. The Morgan fingerprint density at radius 2 is 1.67 bits per heavy atom. The number of Topliss-reactive ketones (excluding diaryl/α,β-unsaturated/α-hetero) is 1. The molecule has 0 saturated carbocycles. The largest absolute Gasteiger partial charge is 0.496 e. The number of likely N-dealkylation sites (tertiary alicyclic amines) is 1. The van der Waals surface area contributed by atoms with Gasteiger partial charge in [-0.3, -0.25) is 9.59 Å². The van der Waals surface area contributed by atoms with Crippen molar-refractivity contribution in [3.63, 3.8) is 0 Å². The molecule has 0 N–H and O–H groups in total. The molecule has 2 aromatic carbocycles. The Labute approximate surface area is 163 Å². The second-order valence-corrected chi connectivity index (χ2v) is 6.94. The number of benzene rings is 2. The number of piperidine rings is 1. The monoisotopic (exact) mass is 387 g/mol. The minimum Gasteiger partial charge on any atom is -0.496 e. The van der Waals surface area contributed by atoms with Gasteiger partial charge in [-0.1, -0.05) is 17.7 Å². The molecule has 1 saturated heterocycles. The maximum atomic E-state index is 13.1. The summed E-state index contributed by atoms with van der Waals surface area (Å²) >= 11 is 5.90. The number of nitrogens with zero attached hydrogens (tertiary/aromatic N) is 1. The Morgan fingerprint density at radius 1 is 1.04 bits per heavy atom. The van der Waals surface area contributed by atoms with Crippen molar-refractivity contribution in [1.29, 1.82) is 0 Å². The third-order valence-corrected chi connectivity index (χ3v) is 5.10. The summed E-state index contributed by atoms with van der Waals surface area (Å²) in [5.41, 5.74) is 1.01. The molecule has 0 spiro atoms. The van der Waals surface area contributed by atoms with E-state index in [0.29, 0.717) is 40.7 Å². The Balaban J connectivity index is 1.81. The van der Waals surface area contributed by atoms with E-state index in [1.807, 2.05) is 0 Å². The average Bonchev–Trinajstić information content (AvgIpc) is 2.72. The molecule has 0 bridgehead atoms. The molecule has 3 rings (SSSR count). The van der Waals surface area contributed by atoms with Crippen molar-refractivity contribution in [2.45, 2.75) is 12.8 Å². The topological polar surface area (TPSA) is 55.8 Å². The minimum atomic E-state index is -0.232. The molecule has 27 heavy (non-hydrogen) atoms. The van der Waals surface area contributed by atoms with Gasteiger partial charge in [0.1, 0.15) is 17.1 Å². The summed E-state index contributed by atoms with van der Waals surface area (Å²) in [5, 5.41) is 0.593. The zero-order valence-corrected chi connectivity index (χ0v) is 16.2. The van der Waals surface area contributed by atoms with Crippen LogP contribution in [0.25, 0.3) is 0 Å². The lowest BCUT2D eigenvalue weighted by Crippen LogP contribution is -2.42. The van der Waals surface area contributed by atoms with Crippen LogP contribution in [-0.4, -0.2) is 43.9 Å². The number of hydrogen-bond donors (Lipinski definition) is 0. The molecule has 5 nitrogen and oxygen atoms in total. The predicted molar refractivity (Wildman–Crippen MR) is 104 cm³/mol. The summed E-state index contributed by atoms with van der Waals surface area (Å²) < 4.78 is 10.7. The molecule has 0 aliphatic carbocycles. The third-order valence-electron chi connectivity index (χ3n) is 4.85. The number of carbonyl (C=O) groups is 2. The van der Waals surface area contributed by atoms with Gasteiger partial charge in [-0.2, -0.15) is 0 Å². The summed E-state index contributed by atoms with van der Waals surface area (Å²) in [7, 11) is 3.04. The summed E-state index contributed by atoms with van der Waals surface area (Å²) in [4.78, 5) is 27.7. The molecule has 6 heteroatoms. The van der Waals surface area contributed by atoms with Crippen LogP contribution in [0.1, 0.15) is 33.6 Å². The van der Waals surface area contributed by atoms with Crippen LogP contribution in [0.3, 0.4) is 0 Å². The van der Waals surface area contributed by atoms with Crippen LogP contribution >= 0.6 is 11.6 Å². The number of hydrogen-bond acceptors (Lipinski definition) is 4. The SMILES string of the molecule is COc1cccc(OC)c1C(=O)N1CCCC(C(=O)c2ccc(Cl)cc2)C1. The Morgan fingerprint density at radius 3 is 2.26 bits per heavy atom. The first kappa shape index (κ1) is 19.2. The highest BCUT2D eigenvalue weighted by molar-refractivity contribution is 6.30. The van der Waals surface area contributed by atoms with E-state index >= 15 is 0 Å². The predicted octanol–water partition coefficient (Wildman–Crippen LogP) is 4.09. The zero-order chi connectivity index (χ0) is 19.4. The van der Waals surface area contributed by atoms with E-state index in [2.05, 4.69) is 0 Å². The van der Waals surface area contributed by atoms with Gasteiger partial charge < -0.3 is 14.4 Å². The van der Waals surface area contributed by atoms with Crippen molar-refractivity contribution in [1.82, 2.24) is 4.90 Å². The van der Waals surface area contributed by atoms with Crippen molar-refractivity contribution >= 4 is 23.3 Å². The molecule has 2 aromatic rings. The van der Waals surface area contributed by atoms with Gasteiger partial charge in [0.25, 0.3) is 5.91 Å². The lowest BCUT2D eigenvalue weighted by molar-refractivity contribution is 0.0631. The number of halogens is 1. The van der Waals surface area contributed by atoms with Crippen LogP contribution in [-0.2, 0) is 0 Å². The van der Waals surface area contributed by atoms with E-state index in [-0.39, 0.29) is 17.6 Å². The van der Waals surface area contributed by atoms with Crippen molar-refractivity contribution < 1.29 is 19.1 Å². The van der Waals surface area contributed by atoms with Gasteiger partial charge in [0, 0.05) is 29.6 Å². The van der Waals surface area contributed by atoms with Crippen LogP contribution in [0.5, 0.6) is 11.5 Å². The first-order chi connectivity index (χ1) is 13.0. The van der Waals surface area contributed by atoms with Crippen molar-refractivity contribution in [3.8, 4) is 11.5 Å². The van der Waals surface area contributed by atoms with Gasteiger partial charge >= 0.3 is 0 Å². The Kier molecular flexibility index (Phi) is 6.01. The molecule has 142 valence electrons. The Bertz CT molecular complexity index is 812. The third kappa shape index (κ3) is 4.08. The van der Waals surface area contributed by atoms with Crippen molar-refractivity contribution in [3.05, 3.63) is 58.6 Å². The molecule has 0 radical (unpaired) electrons. The standard InChI is InChI=1S/C21H22ClNO4/c1-26-17-6-3-7-18(27-2)19(17)21(25)23-12-4-5-15(13-23)20(24)14-8-10-16(22)11-9-14/h3,6-11,15H,4-5,12-13H2,1-2H3. The summed E-state index contributed by atoms with van der Waals surface area (Å²) in [5.74, 6) is 0.551. The number of amides is 1. The fraction of sp³-hybridized carbons (Fsp3) is 0.333. The highest BCUT2D eigenvalue weighted by Gasteiger charge is 2.31. The maximum Gasteiger partial charge on any atom is 0.261 e. The highest BCUT2D eigenvalue weighted by atomic mass is 35.5. The first-order valence-electron chi connectivity index (χ1n) is 8.85. The fourth-order valence-electron chi connectivity index (χ4n) is 3.45. The van der Waals surface area contributed by atoms with Gasteiger partial charge in [-0.15, -0.1) is 0 Å². The van der Waals surface area contributed by atoms with Gasteiger partial charge in [0.2, 0.25) is 0 Å². The second-order valence-electron chi connectivity index (χ2n) is 6.50. The lowest BCUT2D eigenvalue weighted by Gasteiger charge is -2.32.